The van der Waals surface area contributed by atoms with Gasteiger partial charge in [-0.2, -0.15) is 0 Å². The summed E-state index contributed by atoms with van der Waals surface area (Å²) in [6.45, 7) is 9.28. The van der Waals surface area contributed by atoms with Gasteiger partial charge in [0.15, 0.2) is 5.82 Å². The Morgan fingerprint density at radius 1 is 1.31 bits per heavy atom. The zero-order valence-electron chi connectivity index (χ0n) is 19.1. The predicted octanol–water partition coefficient (Wildman–Crippen LogP) is 1.35. The molecule has 0 radical (unpaired) electrons. The molecular formula is C22H36BrN5O4. The van der Waals surface area contributed by atoms with Crippen LogP contribution < -0.4 is 5.32 Å². The van der Waals surface area contributed by atoms with Crippen molar-refractivity contribution in [3.8, 4) is 0 Å². The normalized spacial score (nSPS) is 21.7. The molecule has 0 saturated carbocycles. The molecule has 0 aromatic carbocycles. The van der Waals surface area contributed by atoms with E-state index in [4.69, 9.17) is 9.84 Å². The maximum Gasteiger partial charge on any atom is 0.290 e. The van der Waals surface area contributed by atoms with Gasteiger partial charge in [0.05, 0.1) is 19.1 Å². The van der Waals surface area contributed by atoms with Gasteiger partial charge < -0.3 is 29.5 Å². The monoisotopic (exact) mass is 513 g/mol. The third-order valence-corrected chi connectivity index (χ3v) is 6.39. The van der Waals surface area contributed by atoms with Crippen molar-refractivity contribution < 1.29 is 19.4 Å². The van der Waals surface area contributed by atoms with E-state index >= 15 is 0 Å². The third kappa shape index (κ3) is 6.52. The molecule has 0 bridgehead atoms. The molecule has 3 heterocycles. The smallest absolute Gasteiger partial charge is 0.290 e. The molecule has 2 aliphatic rings. The summed E-state index contributed by atoms with van der Waals surface area (Å²) in [5.41, 5.74) is 0. The van der Waals surface area contributed by atoms with Gasteiger partial charge in [0.1, 0.15) is 4.60 Å². The van der Waals surface area contributed by atoms with Crippen LogP contribution in [-0.2, 0) is 16.1 Å². The highest BCUT2D eigenvalue weighted by Gasteiger charge is 2.36. The number of aliphatic hydroxyl groups excluding tert-OH is 1. The van der Waals surface area contributed by atoms with Crippen LogP contribution in [-0.4, -0.2) is 94.9 Å². The number of hydrogen-bond acceptors (Lipinski definition) is 6. The number of aromatic nitrogens is 2. The first kappa shape index (κ1) is 25.1. The summed E-state index contributed by atoms with van der Waals surface area (Å²) in [6, 6.07) is -0.0741. The van der Waals surface area contributed by atoms with Crippen molar-refractivity contribution in [2.75, 3.05) is 52.5 Å². The number of halogens is 1. The van der Waals surface area contributed by atoms with Crippen LogP contribution in [0.2, 0.25) is 0 Å². The molecule has 2 saturated heterocycles. The van der Waals surface area contributed by atoms with Gasteiger partial charge in [-0.1, -0.05) is 13.8 Å². The van der Waals surface area contributed by atoms with Crippen molar-refractivity contribution in [2.45, 2.75) is 45.7 Å². The van der Waals surface area contributed by atoms with Crippen LogP contribution >= 0.6 is 15.9 Å². The van der Waals surface area contributed by atoms with Gasteiger partial charge in [0.25, 0.3) is 5.91 Å². The molecule has 3 rings (SSSR count). The van der Waals surface area contributed by atoms with E-state index < -0.39 is 0 Å². The molecule has 0 unspecified atom stereocenters. The molecule has 1 aromatic heterocycles. The molecule has 2 fully saturated rings. The molecule has 32 heavy (non-hydrogen) atoms. The zero-order valence-corrected chi connectivity index (χ0v) is 20.7. The van der Waals surface area contributed by atoms with Gasteiger partial charge in [-0.15, -0.1) is 0 Å². The number of carbonyl (C=O) groups is 2. The number of piperidine rings is 1. The van der Waals surface area contributed by atoms with E-state index in [0.29, 0.717) is 75.8 Å². The number of hydrogen-bond donors (Lipinski definition) is 2. The van der Waals surface area contributed by atoms with Crippen molar-refractivity contribution >= 4 is 27.7 Å². The highest BCUT2D eigenvalue weighted by molar-refractivity contribution is 9.10. The SMILES string of the molecule is CC(C)CN(C(=O)c1nc(Br)cn1CCCCO)[C@@H]1CNC[C@H](C(=O)N2CCOCC2)C1. The number of aliphatic hydroxyl groups is 1. The first-order valence-electron chi connectivity index (χ1n) is 11.6. The zero-order chi connectivity index (χ0) is 23.1. The van der Waals surface area contributed by atoms with Gasteiger partial charge >= 0.3 is 0 Å². The fraction of sp³-hybridized carbons (Fsp3) is 0.773. The van der Waals surface area contributed by atoms with Crippen LogP contribution in [0.1, 0.15) is 43.7 Å². The van der Waals surface area contributed by atoms with E-state index in [2.05, 4.69) is 40.1 Å². The summed E-state index contributed by atoms with van der Waals surface area (Å²) in [6.07, 6.45) is 3.91. The topological polar surface area (TPSA) is 99.9 Å². The Labute approximate surface area is 198 Å². The van der Waals surface area contributed by atoms with E-state index in [1.165, 1.54) is 0 Å². The van der Waals surface area contributed by atoms with E-state index in [9.17, 15) is 9.59 Å². The fourth-order valence-corrected chi connectivity index (χ4v) is 4.84. The Morgan fingerprint density at radius 2 is 2.06 bits per heavy atom. The number of amides is 2. The molecule has 1 aromatic rings. The Morgan fingerprint density at radius 3 is 2.75 bits per heavy atom. The lowest BCUT2D eigenvalue weighted by Crippen LogP contribution is -2.56. The molecule has 2 amide bonds. The molecule has 0 aliphatic carbocycles. The lowest BCUT2D eigenvalue weighted by molar-refractivity contribution is -0.140. The number of rotatable bonds is 9. The minimum absolute atomic E-state index is 0.0741. The summed E-state index contributed by atoms with van der Waals surface area (Å²) < 4.78 is 7.86. The minimum Gasteiger partial charge on any atom is -0.396 e. The Hall–Kier alpha value is -1.49. The molecule has 2 atom stereocenters. The standard InChI is InChI=1S/C22H36BrN5O4/c1-16(2)14-28(22(31)20-25-19(23)15-27(20)5-3-4-8-29)18-11-17(12-24-13-18)21(30)26-6-9-32-10-7-26/h15-18,24,29H,3-14H2,1-2H3/t17-,18+/m1/s1. The highest BCUT2D eigenvalue weighted by atomic mass is 79.9. The number of nitrogens with zero attached hydrogens (tertiary/aromatic N) is 4. The second kappa shape index (κ2) is 12.1. The number of ether oxygens (including phenoxy) is 1. The number of aryl methyl sites for hydroxylation is 1. The molecule has 2 aliphatic heterocycles. The second-order valence-electron chi connectivity index (χ2n) is 9.05. The van der Waals surface area contributed by atoms with Gasteiger partial charge in [-0.05, 0) is 41.1 Å². The maximum atomic E-state index is 13.7. The van der Waals surface area contributed by atoms with E-state index in [1.807, 2.05) is 20.6 Å². The number of nitrogens with one attached hydrogen (secondary N) is 1. The lowest BCUT2D eigenvalue weighted by atomic mass is 9.92. The quantitative estimate of drug-likeness (QED) is 0.483. The van der Waals surface area contributed by atoms with Crippen molar-refractivity contribution in [1.29, 1.82) is 0 Å². The van der Waals surface area contributed by atoms with Crippen LogP contribution in [0.4, 0.5) is 0 Å². The summed E-state index contributed by atoms with van der Waals surface area (Å²) in [4.78, 5) is 35.0. The Kier molecular flexibility index (Phi) is 9.51. The average Bonchev–Trinajstić information content (AvgIpc) is 3.17. The van der Waals surface area contributed by atoms with Gasteiger partial charge in [0, 0.05) is 58.1 Å². The molecular weight excluding hydrogens is 478 g/mol. The minimum atomic E-state index is -0.148. The summed E-state index contributed by atoms with van der Waals surface area (Å²) in [5, 5.41) is 12.5. The van der Waals surface area contributed by atoms with Gasteiger partial charge in [-0.3, -0.25) is 9.59 Å². The van der Waals surface area contributed by atoms with E-state index in [-0.39, 0.29) is 36.3 Å². The predicted molar refractivity (Wildman–Crippen MR) is 124 cm³/mol. The maximum absolute atomic E-state index is 13.7. The van der Waals surface area contributed by atoms with Crippen LogP contribution in [0, 0.1) is 11.8 Å². The van der Waals surface area contributed by atoms with Crippen molar-refractivity contribution in [1.82, 2.24) is 24.7 Å². The molecule has 2 N–H and O–H groups in total. The molecule has 9 nitrogen and oxygen atoms in total. The van der Waals surface area contributed by atoms with Crippen LogP contribution in [0.3, 0.4) is 0 Å². The number of unbranched alkanes of at least 4 members (excludes halogenated alkanes) is 1. The Balaban J connectivity index is 1.75. The Bertz CT molecular complexity index is 766. The van der Waals surface area contributed by atoms with Crippen LogP contribution in [0.5, 0.6) is 0 Å². The lowest BCUT2D eigenvalue weighted by Gasteiger charge is -2.40. The van der Waals surface area contributed by atoms with Gasteiger partial charge in [-0.25, -0.2) is 4.98 Å². The number of carbonyl (C=O) groups excluding carboxylic acids is 2. The summed E-state index contributed by atoms with van der Waals surface area (Å²) >= 11 is 3.40. The molecule has 180 valence electrons. The highest BCUT2D eigenvalue weighted by Crippen LogP contribution is 2.23. The average molecular weight is 514 g/mol. The van der Waals surface area contributed by atoms with Crippen molar-refractivity contribution in [3.05, 3.63) is 16.6 Å². The summed E-state index contributed by atoms with van der Waals surface area (Å²) in [7, 11) is 0. The van der Waals surface area contributed by atoms with Crippen LogP contribution in [0.15, 0.2) is 10.8 Å². The van der Waals surface area contributed by atoms with E-state index in [1.54, 1.807) is 0 Å². The molecule has 10 heteroatoms. The van der Waals surface area contributed by atoms with Crippen LogP contribution in [0.25, 0.3) is 0 Å². The van der Waals surface area contributed by atoms with E-state index in [0.717, 1.165) is 6.42 Å². The third-order valence-electron chi connectivity index (χ3n) is 6.01. The summed E-state index contributed by atoms with van der Waals surface area (Å²) in [5.74, 6) is 0.577. The van der Waals surface area contributed by atoms with Crippen molar-refractivity contribution in [3.63, 3.8) is 0 Å². The first-order valence-corrected chi connectivity index (χ1v) is 12.4. The second-order valence-corrected chi connectivity index (χ2v) is 9.86. The number of morpholine rings is 1. The van der Waals surface area contributed by atoms with Crippen molar-refractivity contribution in [2.24, 2.45) is 11.8 Å². The first-order chi connectivity index (χ1) is 15.4. The molecule has 0 spiro atoms. The fourth-order valence-electron chi connectivity index (χ4n) is 4.43. The number of imidazole rings is 1. The van der Waals surface area contributed by atoms with Gasteiger partial charge in [0.2, 0.25) is 5.91 Å². The largest absolute Gasteiger partial charge is 0.396 e.